The number of halogens is 2. The number of alkyl halides is 1. The molecule has 5 nitrogen and oxygen atoms in total. The standard InChI is InChI=1S/C7H14ClNO4S.ClH/c1-3-13-7(10)6(4-9)14(11,12)5(2)8;/h5-6H,3-4,9H2,1-2H3;1H. The molecular formula is C7H15Cl2NO4S. The molecule has 2 atom stereocenters. The van der Waals surface area contributed by atoms with Crippen molar-refractivity contribution in [1.82, 2.24) is 0 Å². The van der Waals surface area contributed by atoms with E-state index in [1.165, 1.54) is 6.92 Å². The van der Waals surface area contributed by atoms with Crippen molar-refractivity contribution in [1.29, 1.82) is 0 Å². The largest absolute Gasteiger partial charge is 0.465 e. The van der Waals surface area contributed by atoms with Crippen LogP contribution in [0.25, 0.3) is 0 Å². The summed E-state index contributed by atoms with van der Waals surface area (Å²) in [4.78, 5) is 11.2. The second-order valence-electron chi connectivity index (χ2n) is 2.61. The van der Waals surface area contributed by atoms with E-state index in [2.05, 4.69) is 4.74 Å². The summed E-state index contributed by atoms with van der Waals surface area (Å²) < 4.78 is 26.4. The molecule has 0 aliphatic carbocycles. The van der Waals surface area contributed by atoms with E-state index in [9.17, 15) is 13.2 Å². The third-order valence-electron chi connectivity index (χ3n) is 1.61. The van der Waals surface area contributed by atoms with Gasteiger partial charge in [0.05, 0.1) is 6.61 Å². The summed E-state index contributed by atoms with van der Waals surface area (Å²) in [5.41, 5.74) is 5.19. The van der Waals surface area contributed by atoms with Gasteiger partial charge >= 0.3 is 5.97 Å². The van der Waals surface area contributed by atoms with E-state index in [0.29, 0.717) is 0 Å². The Kier molecular flexibility index (Phi) is 8.41. The van der Waals surface area contributed by atoms with Gasteiger partial charge in [-0.3, -0.25) is 4.79 Å². The second-order valence-corrected chi connectivity index (χ2v) is 5.98. The first kappa shape index (κ1) is 17.4. The highest BCUT2D eigenvalue weighted by molar-refractivity contribution is 7.94. The summed E-state index contributed by atoms with van der Waals surface area (Å²) in [6, 6.07) is 0. The Morgan fingerprint density at radius 1 is 1.53 bits per heavy atom. The first-order valence-electron chi connectivity index (χ1n) is 4.11. The van der Waals surface area contributed by atoms with Crippen LogP contribution < -0.4 is 5.73 Å². The summed E-state index contributed by atoms with van der Waals surface area (Å²) in [6.07, 6.45) is 0. The molecule has 92 valence electrons. The van der Waals surface area contributed by atoms with E-state index in [0.717, 1.165) is 0 Å². The monoisotopic (exact) mass is 279 g/mol. The van der Waals surface area contributed by atoms with E-state index >= 15 is 0 Å². The number of hydrogen-bond donors (Lipinski definition) is 1. The molecule has 0 spiro atoms. The topological polar surface area (TPSA) is 86.5 Å². The molecule has 0 radical (unpaired) electrons. The van der Waals surface area contributed by atoms with Crippen molar-refractivity contribution in [2.45, 2.75) is 23.8 Å². The average Bonchev–Trinajstić information content (AvgIpc) is 2.04. The summed E-state index contributed by atoms with van der Waals surface area (Å²) in [5.74, 6) is -0.845. The van der Waals surface area contributed by atoms with Gasteiger partial charge in [-0.1, -0.05) is 0 Å². The van der Waals surface area contributed by atoms with Crippen LogP contribution in [-0.4, -0.2) is 37.5 Å². The molecule has 0 aromatic rings. The van der Waals surface area contributed by atoms with Gasteiger partial charge < -0.3 is 10.5 Å². The molecule has 0 amide bonds. The zero-order chi connectivity index (χ0) is 11.4. The maximum absolute atomic E-state index is 11.5. The van der Waals surface area contributed by atoms with Crippen molar-refractivity contribution in [3.05, 3.63) is 0 Å². The number of esters is 1. The first-order valence-corrected chi connectivity index (χ1v) is 6.16. The number of carbonyl (C=O) groups excluding carboxylic acids is 1. The molecule has 15 heavy (non-hydrogen) atoms. The highest BCUT2D eigenvalue weighted by Gasteiger charge is 2.35. The number of ether oxygens (including phenoxy) is 1. The molecule has 0 bridgehead atoms. The van der Waals surface area contributed by atoms with Gasteiger partial charge in [0.25, 0.3) is 0 Å². The van der Waals surface area contributed by atoms with E-state index in [-0.39, 0.29) is 25.6 Å². The summed E-state index contributed by atoms with van der Waals surface area (Å²) in [6.45, 7) is 2.65. The summed E-state index contributed by atoms with van der Waals surface area (Å²) in [7, 11) is -3.74. The molecule has 2 unspecified atom stereocenters. The van der Waals surface area contributed by atoms with Gasteiger partial charge in [-0.15, -0.1) is 24.0 Å². The molecule has 8 heteroatoms. The van der Waals surface area contributed by atoms with Crippen LogP contribution in [0.2, 0.25) is 0 Å². The van der Waals surface area contributed by atoms with Crippen LogP contribution in [0.15, 0.2) is 0 Å². The van der Waals surface area contributed by atoms with Crippen molar-refractivity contribution in [2.24, 2.45) is 5.73 Å². The Morgan fingerprint density at radius 3 is 2.27 bits per heavy atom. The van der Waals surface area contributed by atoms with Crippen molar-refractivity contribution in [3.63, 3.8) is 0 Å². The van der Waals surface area contributed by atoms with Crippen LogP contribution in [-0.2, 0) is 19.4 Å². The quantitative estimate of drug-likeness (QED) is 0.578. The van der Waals surface area contributed by atoms with Crippen LogP contribution in [0.3, 0.4) is 0 Å². The minimum absolute atomic E-state index is 0. The van der Waals surface area contributed by atoms with E-state index in [4.69, 9.17) is 17.3 Å². The normalized spacial score (nSPS) is 14.9. The summed E-state index contributed by atoms with van der Waals surface area (Å²) >= 11 is 5.44. The highest BCUT2D eigenvalue weighted by Crippen LogP contribution is 2.13. The van der Waals surface area contributed by atoms with Crippen molar-refractivity contribution in [2.75, 3.05) is 13.2 Å². The zero-order valence-electron chi connectivity index (χ0n) is 8.47. The van der Waals surface area contributed by atoms with Gasteiger partial charge in [-0.2, -0.15) is 0 Å². The third-order valence-corrected chi connectivity index (χ3v) is 4.44. The van der Waals surface area contributed by atoms with E-state index in [1.54, 1.807) is 6.92 Å². The SMILES string of the molecule is CCOC(=O)C(CN)S(=O)(=O)C(C)Cl.Cl. The maximum Gasteiger partial charge on any atom is 0.325 e. The lowest BCUT2D eigenvalue weighted by Crippen LogP contribution is -2.41. The second kappa shape index (κ2) is 7.27. The lowest BCUT2D eigenvalue weighted by Gasteiger charge is -2.15. The molecule has 0 rings (SSSR count). The van der Waals surface area contributed by atoms with Crippen LogP contribution >= 0.6 is 24.0 Å². The first-order chi connectivity index (χ1) is 6.37. The van der Waals surface area contributed by atoms with Crippen LogP contribution in [0.1, 0.15) is 13.8 Å². The lowest BCUT2D eigenvalue weighted by molar-refractivity contribution is -0.142. The Hall–Kier alpha value is -0.0400. The fourth-order valence-corrected chi connectivity index (χ4v) is 2.26. The van der Waals surface area contributed by atoms with Gasteiger partial charge in [-0.25, -0.2) is 8.42 Å². The van der Waals surface area contributed by atoms with Crippen molar-refractivity contribution < 1.29 is 17.9 Å². The lowest BCUT2D eigenvalue weighted by atomic mass is 10.4. The Balaban J connectivity index is 0. The van der Waals surface area contributed by atoms with E-state index < -0.39 is 25.8 Å². The van der Waals surface area contributed by atoms with E-state index in [1.807, 2.05) is 0 Å². The van der Waals surface area contributed by atoms with Crippen molar-refractivity contribution in [3.8, 4) is 0 Å². The fraction of sp³-hybridized carbons (Fsp3) is 0.857. The smallest absolute Gasteiger partial charge is 0.325 e. The third kappa shape index (κ3) is 4.55. The molecule has 0 saturated carbocycles. The van der Waals surface area contributed by atoms with Gasteiger partial charge in [0.15, 0.2) is 15.1 Å². The molecule has 0 aromatic carbocycles. The molecular weight excluding hydrogens is 265 g/mol. The fourth-order valence-electron chi connectivity index (χ4n) is 0.826. The minimum atomic E-state index is -3.74. The maximum atomic E-state index is 11.5. The van der Waals surface area contributed by atoms with Gasteiger partial charge in [-0.05, 0) is 13.8 Å². The van der Waals surface area contributed by atoms with Gasteiger partial charge in [0.2, 0.25) is 0 Å². The molecule has 0 aromatic heterocycles. The van der Waals surface area contributed by atoms with Crippen LogP contribution in [0.5, 0.6) is 0 Å². The van der Waals surface area contributed by atoms with Crippen LogP contribution in [0, 0.1) is 0 Å². The molecule has 0 heterocycles. The molecule has 0 aliphatic rings. The van der Waals surface area contributed by atoms with Gasteiger partial charge in [0.1, 0.15) is 4.71 Å². The molecule has 0 saturated heterocycles. The number of hydrogen-bond acceptors (Lipinski definition) is 5. The zero-order valence-corrected chi connectivity index (χ0v) is 10.9. The molecule has 0 aliphatic heterocycles. The summed E-state index contributed by atoms with van der Waals surface area (Å²) in [5, 5.41) is -1.37. The average molecular weight is 280 g/mol. The molecule has 0 fully saturated rings. The number of sulfone groups is 1. The van der Waals surface area contributed by atoms with Crippen LogP contribution in [0.4, 0.5) is 0 Å². The molecule has 2 N–H and O–H groups in total. The van der Waals surface area contributed by atoms with Crippen molar-refractivity contribution >= 4 is 39.8 Å². The predicted octanol–water partition coefficient (Wildman–Crippen LogP) is 0.298. The predicted molar refractivity (Wildman–Crippen MR) is 61.0 cm³/mol. The Morgan fingerprint density at radius 2 is 2.00 bits per heavy atom. The highest BCUT2D eigenvalue weighted by atomic mass is 35.5. The minimum Gasteiger partial charge on any atom is -0.465 e. The Bertz CT molecular complexity index is 291. The number of nitrogens with two attached hydrogens (primary N) is 1. The number of carbonyl (C=O) groups is 1. The Labute approximate surface area is 101 Å². The van der Waals surface area contributed by atoms with Gasteiger partial charge in [0, 0.05) is 6.54 Å². The number of rotatable bonds is 5.